The summed E-state index contributed by atoms with van der Waals surface area (Å²) in [5, 5.41) is 13.7. The molecule has 0 aliphatic carbocycles. The maximum Gasteiger partial charge on any atom is 0.410 e. The summed E-state index contributed by atoms with van der Waals surface area (Å²) < 4.78 is 35.9. The normalized spacial score (nSPS) is 22.1. The van der Waals surface area contributed by atoms with Gasteiger partial charge in [-0.2, -0.15) is 13.9 Å². The third-order valence-electron chi connectivity index (χ3n) is 4.99. The Kier molecular flexibility index (Phi) is 5.27. The third kappa shape index (κ3) is 3.63. The van der Waals surface area contributed by atoms with Crippen LogP contribution < -0.4 is 0 Å². The Morgan fingerprint density at radius 2 is 2.28 bits per heavy atom. The van der Waals surface area contributed by atoms with E-state index in [1.807, 2.05) is 6.92 Å². The first-order chi connectivity index (χ1) is 12.0. The molecular formula is C17H25F2N3O3. The molecule has 3 rings (SSSR count). The van der Waals surface area contributed by atoms with Crippen LogP contribution in [-0.2, 0) is 30.2 Å². The lowest BCUT2D eigenvalue weighted by atomic mass is 9.98. The van der Waals surface area contributed by atoms with E-state index in [0.29, 0.717) is 30.8 Å². The summed E-state index contributed by atoms with van der Waals surface area (Å²) in [4.78, 5) is 13.6. The zero-order valence-electron chi connectivity index (χ0n) is 14.5. The van der Waals surface area contributed by atoms with Gasteiger partial charge in [-0.15, -0.1) is 0 Å². The number of aliphatic hydroxyl groups excluding tert-OH is 1. The summed E-state index contributed by atoms with van der Waals surface area (Å²) in [6.45, 7) is 3.04. The maximum absolute atomic E-state index is 14.7. The Balaban J connectivity index is 1.83. The van der Waals surface area contributed by atoms with Crippen LogP contribution in [-0.4, -0.2) is 45.6 Å². The Hall–Kier alpha value is -1.70. The van der Waals surface area contributed by atoms with Gasteiger partial charge in [0, 0.05) is 44.0 Å². The molecule has 140 valence electrons. The Morgan fingerprint density at radius 3 is 3.00 bits per heavy atom. The molecule has 8 heteroatoms. The number of aromatic nitrogens is 2. The molecule has 1 amide bonds. The fourth-order valence-corrected chi connectivity index (χ4v) is 3.51. The first-order valence-electron chi connectivity index (χ1n) is 8.95. The molecule has 1 atom stereocenters. The fourth-order valence-electron chi connectivity index (χ4n) is 3.51. The van der Waals surface area contributed by atoms with Crippen molar-refractivity contribution in [2.75, 3.05) is 19.8 Å². The minimum absolute atomic E-state index is 0.0930. The Bertz CT molecular complexity index is 633. The first-order valence-corrected chi connectivity index (χ1v) is 8.95. The Labute approximate surface area is 145 Å². The second kappa shape index (κ2) is 7.27. The molecule has 0 aromatic carbocycles. The lowest BCUT2D eigenvalue weighted by molar-refractivity contribution is -0.0228. The Morgan fingerprint density at radius 1 is 1.48 bits per heavy atom. The molecule has 0 fully saturated rings. The van der Waals surface area contributed by atoms with E-state index in [9.17, 15) is 18.7 Å². The highest BCUT2D eigenvalue weighted by Crippen LogP contribution is 2.41. The smallest absolute Gasteiger partial charge is 0.410 e. The fraction of sp³-hybridized carbons (Fsp3) is 0.765. The second-order valence-corrected chi connectivity index (χ2v) is 6.89. The van der Waals surface area contributed by atoms with E-state index in [1.165, 1.54) is 9.58 Å². The van der Waals surface area contributed by atoms with Crippen molar-refractivity contribution in [2.24, 2.45) is 5.92 Å². The lowest BCUT2D eigenvalue weighted by Crippen LogP contribution is -2.37. The molecule has 0 spiro atoms. The summed E-state index contributed by atoms with van der Waals surface area (Å²) in [7, 11) is 0. The van der Waals surface area contributed by atoms with E-state index in [0.717, 1.165) is 12.8 Å². The van der Waals surface area contributed by atoms with Gasteiger partial charge in [0.2, 0.25) is 0 Å². The molecule has 0 bridgehead atoms. The quantitative estimate of drug-likeness (QED) is 0.842. The van der Waals surface area contributed by atoms with Crippen LogP contribution in [0, 0.1) is 5.92 Å². The van der Waals surface area contributed by atoms with Crippen molar-refractivity contribution < 1.29 is 23.4 Å². The first kappa shape index (κ1) is 18.1. The number of fused-ring (bicyclic) bond motifs is 3. The molecule has 1 aromatic rings. The van der Waals surface area contributed by atoms with E-state index < -0.39 is 12.0 Å². The number of hydrogen-bond acceptors (Lipinski definition) is 4. The summed E-state index contributed by atoms with van der Waals surface area (Å²) in [6, 6.07) is 0. The number of carbonyl (C=O) groups is 1. The van der Waals surface area contributed by atoms with Crippen LogP contribution in [0.2, 0.25) is 0 Å². The van der Waals surface area contributed by atoms with Crippen LogP contribution in [0.1, 0.15) is 49.6 Å². The number of aliphatic hydroxyl groups is 1. The van der Waals surface area contributed by atoms with Gasteiger partial charge in [-0.3, -0.25) is 4.68 Å². The largest absolute Gasteiger partial charge is 0.449 e. The van der Waals surface area contributed by atoms with Gasteiger partial charge in [-0.25, -0.2) is 4.79 Å². The van der Waals surface area contributed by atoms with E-state index in [2.05, 4.69) is 5.10 Å². The molecular weight excluding hydrogens is 332 g/mol. The molecule has 1 unspecified atom stereocenters. The van der Waals surface area contributed by atoms with Gasteiger partial charge in [0.05, 0.1) is 18.8 Å². The topological polar surface area (TPSA) is 67.6 Å². The van der Waals surface area contributed by atoms with Crippen molar-refractivity contribution >= 4 is 6.09 Å². The average Bonchev–Trinajstić information content (AvgIpc) is 2.90. The van der Waals surface area contributed by atoms with Gasteiger partial charge in [0.25, 0.3) is 5.92 Å². The summed E-state index contributed by atoms with van der Waals surface area (Å²) >= 11 is 0. The van der Waals surface area contributed by atoms with Crippen molar-refractivity contribution in [3.8, 4) is 0 Å². The van der Waals surface area contributed by atoms with Crippen molar-refractivity contribution in [1.29, 1.82) is 0 Å². The molecule has 3 heterocycles. The van der Waals surface area contributed by atoms with Crippen molar-refractivity contribution in [1.82, 2.24) is 14.7 Å². The van der Waals surface area contributed by atoms with E-state index >= 15 is 0 Å². The highest BCUT2D eigenvalue weighted by molar-refractivity contribution is 5.68. The van der Waals surface area contributed by atoms with E-state index in [-0.39, 0.29) is 44.1 Å². The van der Waals surface area contributed by atoms with Gasteiger partial charge in [-0.05, 0) is 12.8 Å². The molecule has 6 nitrogen and oxygen atoms in total. The van der Waals surface area contributed by atoms with Gasteiger partial charge in [-0.1, -0.05) is 13.3 Å². The zero-order valence-corrected chi connectivity index (χ0v) is 14.5. The highest BCUT2D eigenvalue weighted by atomic mass is 19.3. The summed E-state index contributed by atoms with van der Waals surface area (Å²) in [5.41, 5.74) is 0.984. The molecule has 2 aliphatic rings. The average molecular weight is 357 g/mol. The lowest BCUT2D eigenvalue weighted by Gasteiger charge is -2.27. The molecule has 1 N–H and O–H groups in total. The second-order valence-electron chi connectivity index (χ2n) is 6.89. The number of amides is 1. The van der Waals surface area contributed by atoms with Crippen LogP contribution in [0.3, 0.4) is 0 Å². The van der Waals surface area contributed by atoms with Crippen molar-refractivity contribution in [2.45, 2.75) is 58.0 Å². The molecule has 25 heavy (non-hydrogen) atoms. The molecule has 0 saturated carbocycles. The van der Waals surface area contributed by atoms with Gasteiger partial charge in [0.1, 0.15) is 5.69 Å². The minimum atomic E-state index is -3.00. The van der Waals surface area contributed by atoms with Crippen LogP contribution >= 0.6 is 0 Å². The number of rotatable bonds is 4. The van der Waals surface area contributed by atoms with Crippen molar-refractivity contribution in [3.05, 3.63) is 17.0 Å². The van der Waals surface area contributed by atoms with Crippen LogP contribution in [0.25, 0.3) is 0 Å². The number of unbranched alkanes of at least 4 members (excludes halogenated alkanes) is 1. The van der Waals surface area contributed by atoms with Gasteiger partial charge in [0.15, 0.2) is 0 Å². The standard InChI is InChI=1S/C17H25F2N3O3/c1-2-3-8-25-16(24)21-7-5-14-13(10-21)15-17(18,19)6-4-12(11-23)9-22(15)20-14/h12,23H,2-11H2,1H3. The molecule has 0 radical (unpaired) electrons. The number of carbonyl (C=O) groups excluding carboxylic acids is 1. The zero-order chi connectivity index (χ0) is 18.0. The minimum Gasteiger partial charge on any atom is -0.449 e. The number of ether oxygens (including phenoxy) is 1. The summed E-state index contributed by atoms with van der Waals surface area (Å²) in [5.74, 6) is -3.22. The monoisotopic (exact) mass is 357 g/mol. The van der Waals surface area contributed by atoms with E-state index in [1.54, 1.807) is 0 Å². The van der Waals surface area contributed by atoms with Crippen LogP contribution in [0.4, 0.5) is 13.6 Å². The van der Waals surface area contributed by atoms with Gasteiger partial charge >= 0.3 is 6.09 Å². The predicted molar refractivity (Wildman–Crippen MR) is 86.3 cm³/mol. The summed E-state index contributed by atoms with van der Waals surface area (Å²) in [6.07, 6.45) is 1.64. The van der Waals surface area contributed by atoms with Crippen LogP contribution in [0.5, 0.6) is 0 Å². The molecule has 1 aromatic heterocycles. The number of halogens is 2. The third-order valence-corrected chi connectivity index (χ3v) is 4.99. The highest BCUT2D eigenvalue weighted by Gasteiger charge is 2.43. The van der Waals surface area contributed by atoms with Gasteiger partial charge < -0.3 is 14.7 Å². The number of alkyl halides is 2. The molecule has 0 saturated heterocycles. The van der Waals surface area contributed by atoms with Crippen LogP contribution in [0.15, 0.2) is 0 Å². The number of hydrogen-bond donors (Lipinski definition) is 1. The SMILES string of the molecule is CCCCOC(=O)N1CCc2nn3c(c2C1)C(F)(F)CCC(CO)C3. The number of nitrogens with zero attached hydrogens (tertiary/aromatic N) is 3. The maximum atomic E-state index is 14.7. The molecule has 2 aliphatic heterocycles. The van der Waals surface area contributed by atoms with Crippen molar-refractivity contribution in [3.63, 3.8) is 0 Å². The predicted octanol–water partition coefficient (Wildman–Crippen LogP) is 2.67. The van der Waals surface area contributed by atoms with E-state index in [4.69, 9.17) is 4.74 Å².